The molecule has 2 aliphatic rings. The first-order valence-corrected chi connectivity index (χ1v) is 6.44. The van der Waals surface area contributed by atoms with Gasteiger partial charge in [-0.2, -0.15) is 5.10 Å². The Bertz CT molecular complexity index is 443. The second-order valence-electron chi connectivity index (χ2n) is 4.80. The monoisotopic (exact) mass is 237 g/mol. The van der Waals surface area contributed by atoms with Gasteiger partial charge in [0.25, 0.3) is 0 Å². The smallest absolute Gasteiger partial charge is 0.308 e. The molecule has 0 bridgehead atoms. The molecular formula is C11H19N5O. The van der Waals surface area contributed by atoms with Gasteiger partial charge in [0.2, 0.25) is 0 Å². The second kappa shape index (κ2) is 4.62. The maximum Gasteiger partial charge on any atom is 0.346 e. The average molecular weight is 237 g/mol. The van der Waals surface area contributed by atoms with E-state index in [0.717, 1.165) is 32.0 Å². The van der Waals surface area contributed by atoms with Gasteiger partial charge in [0.05, 0.1) is 13.1 Å². The number of likely N-dealkylation sites (tertiary alicyclic amines) is 1. The van der Waals surface area contributed by atoms with Gasteiger partial charge < -0.3 is 10.2 Å². The number of fused-ring (bicyclic) bond motifs is 1. The standard InChI is InChI=1S/C11H19N5O/c17-11-15-6-3-12-9-10(15)13-16(11)8-7-14-4-1-2-5-14/h12H,1-9H2. The molecule has 0 amide bonds. The predicted molar refractivity (Wildman–Crippen MR) is 63.9 cm³/mol. The summed E-state index contributed by atoms with van der Waals surface area (Å²) in [7, 11) is 0. The minimum Gasteiger partial charge on any atom is -0.308 e. The summed E-state index contributed by atoms with van der Waals surface area (Å²) in [5, 5.41) is 7.62. The third-order valence-electron chi connectivity index (χ3n) is 3.62. The molecule has 6 heteroatoms. The molecule has 1 aromatic heterocycles. The lowest BCUT2D eigenvalue weighted by Crippen LogP contribution is -2.35. The normalized spacial score (nSPS) is 20.7. The molecule has 1 aromatic rings. The molecule has 3 heterocycles. The van der Waals surface area contributed by atoms with E-state index < -0.39 is 0 Å². The molecule has 6 nitrogen and oxygen atoms in total. The maximum atomic E-state index is 12.0. The largest absolute Gasteiger partial charge is 0.346 e. The van der Waals surface area contributed by atoms with Crippen LogP contribution in [-0.4, -0.2) is 45.4 Å². The van der Waals surface area contributed by atoms with Gasteiger partial charge in [0, 0.05) is 19.6 Å². The molecule has 1 saturated heterocycles. The highest BCUT2D eigenvalue weighted by molar-refractivity contribution is 4.90. The summed E-state index contributed by atoms with van der Waals surface area (Å²) in [5.41, 5.74) is 0.0562. The molecule has 0 radical (unpaired) electrons. The summed E-state index contributed by atoms with van der Waals surface area (Å²) < 4.78 is 3.42. The summed E-state index contributed by atoms with van der Waals surface area (Å²) in [6.07, 6.45) is 2.58. The van der Waals surface area contributed by atoms with E-state index in [1.165, 1.54) is 25.9 Å². The third kappa shape index (κ3) is 2.14. The van der Waals surface area contributed by atoms with Gasteiger partial charge in [-0.15, -0.1) is 0 Å². The van der Waals surface area contributed by atoms with E-state index in [2.05, 4.69) is 15.3 Å². The van der Waals surface area contributed by atoms with Crippen LogP contribution < -0.4 is 11.0 Å². The Kier molecular flexibility index (Phi) is 2.98. The van der Waals surface area contributed by atoms with Crippen LogP contribution in [0.1, 0.15) is 18.7 Å². The zero-order valence-electron chi connectivity index (χ0n) is 10.1. The van der Waals surface area contributed by atoms with Gasteiger partial charge in [-0.3, -0.25) is 4.57 Å². The molecule has 1 fully saturated rings. The molecule has 0 aromatic carbocycles. The number of hydrogen-bond donors (Lipinski definition) is 1. The zero-order chi connectivity index (χ0) is 11.7. The summed E-state index contributed by atoms with van der Waals surface area (Å²) in [6.45, 7) is 6.34. The fourth-order valence-electron chi connectivity index (χ4n) is 2.62. The van der Waals surface area contributed by atoms with Gasteiger partial charge in [-0.25, -0.2) is 9.48 Å². The lowest BCUT2D eigenvalue weighted by Gasteiger charge is -2.13. The summed E-state index contributed by atoms with van der Waals surface area (Å²) in [6, 6.07) is 0. The van der Waals surface area contributed by atoms with Crippen LogP contribution in [0.4, 0.5) is 0 Å². The highest BCUT2D eigenvalue weighted by Gasteiger charge is 2.17. The van der Waals surface area contributed by atoms with Crippen LogP contribution in [0.5, 0.6) is 0 Å². The summed E-state index contributed by atoms with van der Waals surface area (Å²) in [4.78, 5) is 14.4. The number of nitrogens with zero attached hydrogens (tertiary/aromatic N) is 4. The SMILES string of the molecule is O=c1n(CCN2CCCC2)nc2n1CCNC2. The predicted octanol–water partition coefficient (Wildman–Crippen LogP) is -0.756. The molecular weight excluding hydrogens is 218 g/mol. The van der Waals surface area contributed by atoms with Crippen molar-refractivity contribution in [3.8, 4) is 0 Å². The van der Waals surface area contributed by atoms with E-state index in [0.29, 0.717) is 6.54 Å². The number of rotatable bonds is 3. The Labute approximate surface area is 100 Å². The van der Waals surface area contributed by atoms with Crippen LogP contribution in [0.3, 0.4) is 0 Å². The third-order valence-corrected chi connectivity index (χ3v) is 3.62. The molecule has 0 unspecified atom stereocenters. The molecule has 0 saturated carbocycles. The fourth-order valence-corrected chi connectivity index (χ4v) is 2.62. The molecule has 94 valence electrons. The fraction of sp³-hybridized carbons (Fsp3) is 0.818. The van der Waals surface area contributed by atoms with E-state index in [-0.39, 0.29) is 5.69 Å². The van der Waals surface area contributed by atoms with Crippen molar-refractivity contribution in [2.75, 3.05) is 26.2 Å². The molecule has 0 spiro atoms. The van der Waals surface area contributed by atoms with Crippen molar-refractivity contribution >= 4 is 0 Å². The minimum atomic E-state index is 0.0562. The molecule has 1 N–H and O–H groups in total. The van der Waals surface area contributed by atoms with Gasteiger partial charge >= 0.3 is 5.69 Å². The molecule has 0 aliphatic carbocycles. The van der Waals surface area contributed by atoms with Crippen LogP contribution in [0, 0.1) is 0 Å². The Morgan fingerprint density at radius 3 is 2.76 bits per heavy atom. The van der Waals surface area contributed by atoms with Crippen molar-refractivity contribution in [1.29, 1.82) is 0 Å². The summed E-state index contributed by atoms with van der Waals surface area (Å²) >= 11 is 0. The van der Waals surface area contributed by atoms with Crippen molar-refractivity contribution in [1.82, 2.24) is 24.6 Å². The van der Waals surface area contributed by atoms with Crippen LogP contribution >= 0.6 is 0 Å². The summed E-state index contributed by atoms with van der Waals surface area (Å²) in [5.74, 6) is 0.877. The van der Waals surface area contributed by atoms with Crippen molar-refractivity contribution in [3.05, 3.63) is 16.3 Å². The first-order valence-electron chi connectivity index (χ1n) is 6.44. The number of aromatic nitrogens is 3. The zero-order valence-corrected chi connectivity index (χ0v) is 10.1. The lowest BCUT2D eigenvalue weighted by atomic mass is 10.4. The highest BCUT2D eigenvalue weighted by Crippen LogP contribution is 2.06. The van der Waals surface area contributed by atoms with Gasteiger partial charge in [-0.05, 0) is 25.9 Å². The van der Waals surface area contributed by atoms with E-state index in [9.17, 15) is 4.79 Å². The first-order chi connectivity index (χ1) is 8.34. The number of hydrogen-bond acceptors (Lipinski definition) is 4. The Hall–Kier alpha value is -1.14. The van der Waals surface area contributed by atoms with E-state index in [1.807, 2.05) is 0 Å². The van der Waals surface area contributed by atoms with Gasteiger partial charge in [0.1, 0.15) is 5.82 Å². The van der Waals surface area contributed by atoms with E-state index in [1.54, 1.807) is 9.25 Å². The van der Waals surface area contributed by atoms with Crippen LogP contribution in [0.25, 0.3) is 0 Å². The van der Waals surface area contributed by atoms with Crippen molar-refractivity contribution in [2.45, 2.75) is 32.5 Å². The van der Waals surface area contributed by atoms with Gasteiger partial charge in [0.15, 0.2) is 0 Å². The second-order valence-corrected chi connectivity index (χ2v) is 4.80. The van der Waals surface area contributed by atoms with Crippen molar-refractivity contribution in [2.24, 2.45) is 0 Å². The van der Waals surface area contributed by atoms with E-state index in [4.69, 9.17) is 0 Å². The molecule has 3 rings (SSSR count). The maximum absolute atomic E-state index is 12.0. The van der Waals surface area contributed by atoms with E-state index >= 15 is 0 Å². The van der Waals surface area contributed by atoms with Crippen molar-refractivity contribution < 1.29 is 0 Å². The molecule has 0 atom stereocenters. The minimum absolute atomic E-state index is 0.0562. The Morgan fingerprint density at radius 1 is 1.18 bits per heavy atom. The van der Waals surface area contributed by atoms with Crippen LogP contribution in [-0.2, 0) is 19.6 Å². The number of nitrogens with one attached hydrogen (secondary N) is 1. The van der Waals surface area contributed by atoms with Crippen LogP contribution in [0.15, 0.2) is 4.79 Å². The average Bonchev–Trinajstić information content (AvgIpc) is 2.96. The van der Waals surface area contributed by atoms with Crippen LogP contribution in [0.2, 0.25) is 0 Å². The Balaban J connectivity index is 1.70. The first kappa shape index (κ1) is 11.0. The quantitative estimate of drug-likeness (QED) is 0.751. The topological polar surface area (TPSA) is 55.1 Å². The lowest BCUT2D eigenvalue weighted by molar-refractivity contribution is 0.312. The van der Waals surface area contributed by atoms with Gasteiger partial charge in [-0.1, -0.05) is 0 Å². The van der Waals surface area contributed by atoms with Crippen molar-refractivity contribution in [3.63, 3.8) is 0 Å². The Morgan fingerprint density at radius 2 is 2.00 bits per heavy atom. The molecule has 2 aliphatic heterocycles. The molecule has 17 heavy (non-hydrogen) atoms. The highest BCUT2D eigenvalue weighted by atomic mass is 16.2.